The van der Waals surface area contributed by atoms with Crippen LogP contribution in [0.4, 0.5) is 0 Å². The van der Waals surface area contributed by atoms with Crippen molar-refractivity contribution in [2.45, 2.75) is 44.9 Å². The van der Waals surface area contributed by atoms with Crippen LogP contribution in [-0.4, -0.2) is 22.4 Å². The number of nitrogens with two attached hydrogens (primary N) is 1. The summed E-state index contributed by atoms with van der Waals surface area (Å²) in [7, 11) is 0. The van der Waals surface area contributed by atoms with E-state index in [4.69, 9.17) is 18.0 Å². The van der Waals surface area contributed by atoms with Crippen molar-refractivity contribution in [3.8, 4) is 0 Å². The first-order chi connectivity index (χ1) is 9.65. The molecule has 1 heterocycles. The van der Waals surface area contributed by atoms with Crippen molar-refractivity contribution in [2.24, 2.45) is 11.1 Å². The van der Waals surface area contributed by atoms with Gasteiger partial charge in [0.25, 0.3) is 0 Å². The number of nitrogens with one attached hydrogen (secondary N) is 1. The summed E-state index contributed by atoms with van der Waals surface area (Å²) in [6.07, 6.45) is 6.69. The van der Waals surface area contributed by atoms with Gasteiger partial charge in [0.2, 0.25) is 5.91 Å². The minimum Gasteiger partial charge on any atom is -0.392 e. The van der Waals surface area contributed by atoms with Crippen LogP contribution in [-0.2, 0) is 11.2 Å². The molecule has 1 fully saturated rings. The summed E-state index contributed by atoms with van der Waals surface area (Å²) in [5.74, 6) is 0.00197. The number of thiocarbonyl (C=S) groups is 1. The predicted molar refractivity (Wildman–Crippen MR) is 85.7 cm³/mol. The van der Waals surface area contributed by atoms with Crippen molar-refractivity contribution < 1.29 is 4.79 Å². The Morgan fingerprint density at radius 1 is 1.40 bits per heavy atom. The van der Waals surface area contributed by atoms with E-state index in [0.29, 0.717) is 11.5 Å². The van der Waals surface area contributed by atoms with Crippen LogP contribution in [0.1, 0.15) is 44.2 Å². The number of carbonyl (C=O) groups is 1. The van der Waals surface area contributed by atoms with Crippen molar-refractivity contribution in [1.29, 1.82) is 0 Å². The number of hydrogen-bond donors (Lipinski definition) is 2. The molecular weight excluding hydrogens is 290 g/mol. The molecule has 1 amide bonds. The molecule has 110 valence electrons. The quantitative estimate of drug-likeness (QED) is 0.647. The Hall–Kier alpha value is -1.01. The van der Waals surface area contributed by atoms with E-state index in [2.05, 4.69) is 10.3 Å². The Morgan fingerprint density at radius 2 is 2.10 bits per heavy atom. The SMILES string of the molecule is NC(=S)C1(C(=O)NCCc2cscn2)CCCCCC1. The number of aromatic nitrogens is 1. The fourth-order valence-corrected chi connectivity index (χ4v) is 3.64. The first-order valence-electron chi connectivity index (χ1n) is 7.10. The fourth-order valence-electron chi connectivity index (χ4n) is 2.75. The molecule has 0 radical (unpaired) electrons. The molecule has 6 heteroatoms. The van der Waals surface area contributed by atoms with Crippen molar-refractivity contribution in [2.75, 3.05) is 6.54 Å². The topological polar surface area (TPSA) is 68.0 Å². The van der Waals surface area contributed by atoms with Gasteiger partial charge in [-0.15, -0.1) is 11.3 Å². The van der Waals surface area contributed by atoms with Crippen LogP contribution < -0.4 is 11.1 Å². The molecule has 0 bridgehead atoms. The highest BCUT2D eigenvalue weighted by Crippen LogP contribution is 2.35. The summed E-state index contributed by atoms with van der Waals surface area (Å²) in [4.78, 5) is 17.1. The minimum atomic E-state index is -0.631. The van der Waals surface area contributed by atoms with E-state index in [1.807, 2.05) is 5.38 Å². The summed E-state index contributed by atoms with van der Waals surface area (Å²) < 4.78 is 0. The summed E-state index contributed by atoms with van der Waals surface area (Å²) >= 11 is 6.77. The van der Waals surface area contributed by atoms with Crippen molar-refractivity contribution in [3.05, 3.63) is 16.6 Å². The minimum absolute atomic E-state index is 0.00197. The lowest BCUT2D eigenvalue weighted by Crippen LogP contribution is -2.49. The van der Waals surface area contributed by atoms with Gasteiger partial charge in [-0.2, -0.15) is 0 Å². The maximum atomic E-state index is 12.5. The van der Waals surface area contributed by atoms with Crippen LogP contribution in [0.2, 0.25) is 0 Å². The molecule has 0 spiro atoms. The normalized spacial score (nSPS) is 18.2. The zero-order valence-electron chi connectivity index (χ0n) is 11.6. The van der Waals surface area contributed by atoms with Gasteiger partial charge in [-0.3, -0.25) is 4.79 Å². The third-order valence-electron chi connectivity index (χ3n) is 4.01. The van der Waals surface area contributed by atoms with Gasteiger partial charge in [0, 0.05) is 18.3 Å². The fraction of sp³-hybridized carbons (Fsp3) is 0.643. The molecule has 4 nitrogen and oxygen atoms in total. The van der Waals surface area contributed by atoms with Gasteiger partial charge in [0.15, 0.2) is 0 Å². The van der Waals surface area contributed by atoms with Crippen LogP contribution in [0, 0.1) is 5.41 Å². The molecule has 0 aliphatic heterocycles. The highest BCUT2D eigenvalue weighted by molar-refractivity contribution is 7.80. The smallest absolute Gasteiger partial charge is 0.233 e. The number of thiazole rings is 1. The van der Waals surface area contributed by atoms with Crippen LogP contribution in [0.5, 0.6) is 0 Å². The van der Waals surface area contributed by atoms with Crippen LogP contribution in [0.3, 0.4) is 0 Å². The lowest BCUT2D eigenvalue weighted by Gasteiger charge is -2.30. The highest BCUT2D eigenvalue weighted by atomic mass is 32.1. The first-order valence-corrected chi connectivity index (χ1v) is 8.45. The lowest BCUT2D eigenvalue weighted by molar-refractivity contribution is -0.128. The maximum Gasteiger partial charge on any atom is 0.233 e. The summed E-state index contributed by atoms with van der Waals surface area (Å²) in [5, 5.41) is 5.00. The molecule has 2 rings (SSSR count). The molecular formula is C14H21N3OS2. The molecule has 1 aliphatic carbocycles. The average molecular weight is 311 g/mol. The monoisotopic (exact) mass is 311 g/mol. The average Bonchev–Trinajstić information content (AvgIpc) is 2.80. The van der Waals surface area contributed by atoms with Gasteiger partial charge in [0.1, 0.15) is 0 Å². The van der Waals surface area contributed by atoms with Gasteiger partial charge >= 0.3 is 0 Å². The molecule has 3 N–H and O–H groups in total. The second kappa shape index (κ2) is 7.13. The van der Waals surface area contributed by atoms with E-state index in [9.17, 15) is 4.79 Å². The zero-order chi connectivity index (χ0) is 14.4. The molecule has 1 aromatic heterocycles. The largest absolute Gasteiger partial charge is 0.392 e. The second-order valence-corrected chi connectivity index (χ2v) is 6.50. The Bertz CT molecular complexity index is 451. The van der Waals surface area contributed by atoms with Gasteiger partial charge in [-0.05, 0) is 12.8 Å². The molecule has 1 saturated carbocycles. The van der Waals surface area contributed by atoms with Crippen LogP contribution >= 0.6 is 23.6 Å². The Morgan fingerprint density at radius 3 is 2.65 bits per heavy atom. The summed E-state index contributed by atoms with van der Waals surface area (Å²) in [5.41, 5.74) is 8.09. The van der Waals surface area contributed by atoms with Crippen molar-refractivity contribution >= 4 is 34.5 Å². The second-order valence-electron chi connectivity index (χ2n) is 5.35. The molecule has 1 aromatic rings. The van der Waals surface area contributed by atoms with Gasteiger partial charge in [-0.1, -0.05) is 37.9 Å². The van der Waals surface area contributed by atoms with Gasteiger partial charge in [0.05, 0.1) is 21.6 Å². The Balaban J connectivity index is 1.94. The maximum absolute atomic E-state index is 12.5. The molecule has 20 heavy (non-hydrogen) atoms. The van der Waals surface area contributed by atoms with E-state index in [-0.39, 0.29) is 5.91 Å². The molecule has 1 aliphatic rings. The summed E-state index contributed by atoms with van der Waals surface area (Å²) in [6, 6.07) is 0. The van der Waals surface area contributed by atoms with E-state index in [0.717, 1.165) is 50.6 Å². The number of hydrogen-bond acceptors (Lipinski definition) is 4. The molecule has 0 atom stereocenters. The number of carbonyl (C=O) groups excluding carboxylic acids is 1. The molecule has 0 saturated heterocycles. The first kappa shape index (κ1) is 15.4. The van der Waals surface area contributed by atoms with E-state index in [1.54, 1.807) is 16.8 Å². The summed E-state index contributed by atoms with van der Waals surface area (Å²) in [6.45, 7) is 0.590. The number of nitrogens with zero attached hydrogens (tertiary/aromatic N) is 1. The van der Waals surface area contributed by atoms with Gasteiger partial charge in [-0.25, -0.2) is 4.98 Å². The van der Waals surface area contributed by atoms with Crippen LogP contribution in [0.15, 0.2) is 10.9 Å². The Kier molecular flexibility index (Phi) is 5.48. The standard InChI is InChI=1S/C14H21N3OS2/c15-12(19)14(6-3-1-2-4-7-14)13(18)16-8-5-11-9-20-10-17-11/h9-10H,1-8H2,(H2,15,19)(H,16,18). The van der Waals surface area contributed by atoms with E-state index < -0.39 is 5.41 Å². The van der Waals surface area contributed by atoms with Crippen molar-refractivity contribution in [3.63, 3.8) is 0 Å². The predicted octanol–water partition coefficient (Wildman–Crippen LogP) is 2.43. The Labute approximate surface area is 129 Å². The molecule has 0 unspecified atom stereocenters. The highest BCUT2D eigenvalue weighted by Gasteiger charge is 2.41. The van der Waals surface area contributed by atoms with E-state index >= 15 is 0 Å². The number of amides is 1. The molecule has 0 aromatic carbocycles. The zero-order valence-corrected chi connectivity index (χ0v) is 13.2. The van der Waals surface area contributed by atoms with Crippen LogP contribution in [0.25, 0.3) is 0 Å². The number of rotatable bonds is 5. The lowest BCUT2D eigenvalue weighted by atomic mass is 9.79. The third-order valence-corrected chi connectivity index (χ3v) is 5.04. The third kappa shape index (κ3) is 3.55. The van der Waals surface area contributed by atoms with Gasteiger partial charge < -0.3 is 11.1 Å². The van der Waals surface area contributed by atoms with E-state index in [1.165, 1.54) is 0 Å². The van der Waals surface area contributed by atoms with Crippen molar-refractivity contribution in [1.82, 2.24) is 10.3 Å².